The molecule has 1 N–H and O–H groups in total. The highest BCUT2D eigenvalue weighted by molar-refractivity contribution is 9.10. The third-order valence-corrected chi connectivity index (χ3v) is 4.00. The van der Waals surface area contributed by atoms with Gasteiger partial charge in [0, 0.05) is 5.56 Å². The molecule has 2 rings (SSSR count). The Labute approximate surface area is 161 Å². The van der Waals surface area contributed by atoms with Crippen molar-refractivity contribution >= 4 is 34.1 Å². The van der Waals surface area contributed by atoms with Crippen molar-refractivity contribution in [3.63, 3.8) is 0 Å². The van der Waals surface area contributed by atoms with Crippen molar-refractivity contribution in [3.8, 4) is 11.5 Å². The molecule has 0 fully saturated rings. The number of hydrogen-bond acceptors (Lipinski definition) is 4. The van der Waals surface area contributed by atoms with E-state index in [0.29, 0.717) is 28.1 Å². The lowest BCUT2D eigenvalue weighted by Crippen LogP contribution is -2.18. The van der Waals surface area contributed by atoms with E-state index in [1.54, 1.807) is 18.3 Å². The average molecular weight is 417 g/mol. The summed E-state index contributed by atoms with van der Waals surface area (Å²) in [5.74, 6) is 0.711. The highest BCUT2D eigenvalue weighted by Gasteiger charge is 2.15. The van der Waals surface area contributed by atoms with Crippen molar-refractivity contribution in [1.29, 1.82) is 0 Å². The van der Waals surface area contributed by atoms with Crippen molar-refractivity contribution in [3.05, 3.63) is 63.6 Å². The molecule has 0 aliphatic rings. The predicted molar refractivity (Wildman–Crippen MR) is 108 cm³/mol. The monoisotopic (exact) mass is 416 g/mol. The van der Waals surface area contributed by atoms with Crippen LogP contribution in [0.1, 0.15) is 29.8 Å². The Morgan fingerprint density at radius 3 is 2.65 bits per heavy atom. The number of rotatable bonds is 7. The highest BCUT2D eigenvalue weighted by atomic mass is 79.9. The van der Waals surface area contributed by atoms with Crippen LogP contribution in [-0.2, 0) is 0 Å². The number of carbonyl (C=O) groups excluding carboxylic acids is 1. The van der Waals surface area contributed by atoms with Crippen molar-refractivity contribution in [2.45, 2.75) is 13.8 Å². The van der Waals surface area contributed by atoms with Crippen LogP contribution in [0.15, 0.2) is 57.6 Å². The van der Waals surface area contributed by atoms with Gasteiger partial charge in [-0.05, 0) is 53.0 Å². The highest BCUT2D eigenvalue weighted by Crippen LogP contribution is 2.36. The van der Waals surface area contributed by atoms with Gasteiger partial charge in [-0.1, -0.05) is 36.4 Å². The van der Waals surface area contributed by atoms with E-state index in [4.69, 9.17) is 9.47 Å². The van der Waals surface area contributed by atoms with Gasteiger partial charge in [-0.15, -0.1) is 0 Å². The zero-order valence-corrected chi connectivity index (χ0v) is 16.5. The maximum absolute atomic E-state index is 12.3. The molecule has 0 atom stereocenters. The molecule has 0 aliphatic carbocycles. The second-order valence-electron chi connectivity index (χ2n) is 5.42. The topological polar surface area (TPSA) is 59.9 Å². The van der Waals surface area contributed by atoms with E-state index in [-0.39, 0.29) is 5.91 Å². The fourth-order valence-corrected chi connectivity index (χ4v) is 2.80. The van der Waals surface area contributed by atoms with E-state index in [2.05, 4.69) is 26.5 Å². The number of amides is 1. The van der Waals surface area contributed by atoms with Gasteiger partial charge in [-0.2, -0.15) is 5.10 Å². The van der Waals surface area contributed by atoms with Crippen LogP contribution < -0.4 is 14.9 Å². The summed E-state index contributed by atoms with van der Waals surface area (Å²) in [6.07, 6.45) is 3.58. The van der Waals surface area contributed by atoms with Crippen molar-refractivity contribution in [1.82, 2.24) is 5.43 Å². The van der Waals surface area contributed by atoms with Crippen molar-refractivity contribution in [2.24, 2.45) is 5.10 Å². The number of nitrogens with zero attached hydrogens (tertiary/aromatic N) is 1. The maximum atomic E-state index is 12.3. The second kappa shape index (κ2) is 9.77. The molecule has 0 aromatic heterocycles. The minimum Gasteiger partial charge on any atom is -0.493 e. The van der Waals surface area contributed by atoms with Crippen LogP contribution in [0.3, 0.4) is 0 Å². The Bertz CT molecular complexity index is 817. The van der Waals surface area contributed by atoms with E-state index in [9.17, 15) is 4.79 Å². The number of carbonyl (C=O) groups is 1. The standard InChI is InChI=1S/C20H21BrN2O3/c1-4-26-19-17(21)11-16(12-18(19)25-3)20(24)23-22-13-14(2)10-15-8-6-5-7-9-15/h5-13H,4H2,1-3H3,(H,23,24)/b14-10+,22-13-. The van der Waals surface area contributed by atoms with Gasteiger partial charge >= 0.3 is 0 Å². The minimum atomic E-state index is -0.337. The molecule has 0 unspecified atom stereocenters. The van der Waals surface area contributed by atoms with Crippen LogP contribution in [0.4, 0.5) is 0 Å². The number of hydrogen-bond donors (Lipinski definition) is 1. The first kappa shape index (κ1) is 19.7. The first-order chi connectivity index (χ1) is 12.5. The van der Waals surface area contributed by atoms with Gasteiger partial charge in [0.1, 0.15) is 0 Å². The largest absolute Gasteiger partial charge is 0.493 e. The molecule has 5 nitrogen and oxygen atoms in total. The molecule has 0 saturated heterocycles. The molecule has 2 aromatic rings. The zero-order chi connectivity index (χ0) is 18.9. The number of nitrogens with one attached hydrogen (secondary N) is 1. The fourth-order valence-electron chi connectivity index (χ4n) is 2.24. The predicted octanol–water partition coefficient (Wildman–Crippen LogP) is 4.68. The van der Waals surface area contributed by atoms with Crippen LogP contribution in [0.25, 0.3) is 6.08 Å². The van der Waals surface area contributed by atoms with E-state index < -0.39 is 0 Å². The summed E-state index contributed by atoms with van der Waals surface area (Å²) >= 11 is 3.40. The maximum Gasteiger partial charge on any atom is 0.271 e. The van der Waals surface area contributed by atoms with Gasteiger partial charge in [0.25, 0.3) is 5.91 Å². The van der Waals surface area contributed by atoms with Gasteiger partial charge in [0.05, 0.1) is 24.4 Å². The molecule has 0 aliphatic heterocycles. The van der Waals surface area contributed by atoms with Gasteiger partial charge < -0.3 is 9.47 Å². The Kier molecular flexibility index (Phi) is 7.41. The van der Waals surface area contributed by atoms with Crippen molar-refractivity contribution < 1.29 is 14.3 Å². The molecule has 1 amide bonds. The first-order valence-corrected chi connectivity index (χ1v) is 8.91. The van der Waals surface area contributed by atoms with Crippen LogP contribution in [0.2, 0.25) is 0 Å². The summed E-state index contributed by atoms with van der Waals surface area (Å²) in [6, 6.07) is 13.2. The zero-order valence-electron chi connectivity index (χ0n) is 15.0. The van der Waals surface area contributed by atoms with Crippen LogP contribution >= 0.6 is 15.9 Å². The summed E-state index contributed by atoms with van der Waals surface area (Å²) in [4.78, 5) is 12.3. The van der Waals surface area contributed by atoms with Gasteiger partial charge in [-0.25, -0.2) is 5.43 Å². The van der Waals surface area contributed by atoms with E-state index >= 15 is 0 Å². The number of allylic oxidation sites excluding steroid dienone is 1. The normalized spacial score (nSPS) is 11.5. The summed E-state index contributed by atoms with van der Waals surface area (Å²) in [6.45, 7) is 4.30. The quantitative estimate of drug-likeness (QED) is 0.526. The smallest absolute Gasteiger partial charge is 0.271 e. The molecule has 136 valence electrons. The van der Waals surface area contributed by atoms with E-state index in [1.165, 1.54) is 7.11 Å². The number of halogens is 1. The second-order valence-corrected chi connectivity index (χ2v) is 6.27. The van der Waals surface area contributed by atoms with Gasteiger partial charge in [0.2, 0.25) is 0 Å². The molecule has 0 saturated carbocycles. The summed E-state index contributed by atoms with van der Waals surface area (Å²) in [5, 5.41) is 4.01. The Hall–Kier alpha value is -2.60. The summed E-state index contributed by atoms with van der Waals surface area (Å²) < 4.78 is 11.5. The van der Waals surface area contributed by atoms with E-state index in [1.807, 2.05) is 50.3 Å². The van der Waals surface area contributed by atoms with Crippen molar-refractivity contribution in [2.75, 3.05) is 13.7 Å². The van der Waals surface area contributed by atoms with Crippen LogP contribution in [0.5, 0.6) is 11.5 Å². The summed E-state index contributed by atoms with van der Waals surface area (Å²) in [5.41, 5.74) is 4.92. The number of hydrazone groups is 1. The Morgan fingerprint density at radius 2 is 2.00 bits per heavy atom. The van der Waals surface area contributed by atoms with Crippen LogP contribution in [0, 0.1) is 0 Å². The first-order valence-electron chi connectivity index (χ1n) is 8.12. The number of methoxy groups -OCH3 is 1. The lowest BCUT2D eigenvalue weighted by molar-refractivity contribution is 0.0954. The SMILES string of the molecule is CCOc1c(Br)cc(C(=O)N/N=C\C(C)=C\c2ccccc2)cc1OC. The van der Waals surface area contributed by atoms with Crippen LogP contribution in [-0.4, -0.2) is 25.8 Å². The molecular formula is C20H21BrN2O3. The third kappa shape index (κ3) is 5.46. The lowest BCUT2D eigenvalue weighted by atomic mass is 10.1. The summed E-state index contributed by atoms with van der Waals surface area (Å²) in [7, 11) is 1.53. The molecule has 0 spiro atoms. The molecule has 6 heteroatoms. The molecule has 0 heterocycles. The Morgan fingerprint density at radius 1 is 1.27 bits per heavy atom. The molecule has 26 heavy (non-hydrogen) atoms. The fraction of sp³-hybridized carbons (Fsp3) is 0.200. The van der Waals surface area contributed by atoms with Gasteiger partial charge in [0.15, 0.2) is 11.5 Å². The number of ether oxygens (including phenoxy) is 2. The molecule has 0 bridgehead atoms. The number of benzene rings is 2. The minimum absolute atomic E-state index is 0.337. The molecule has 0 radical (unpaired) electrons. The van der Waals surface area contributed by atoms with E-state index in [0.717, 1.165) is 11.1 Å². The molecular weight excluding hydrogens is 396 g/mol. The van der Waals surface area contributed by atoms with Gasteiger partial charge in [-0.3, -0.25) is 4.79 Å². The third-order valence-electron chi connectivity index (χ3n) is 3.41. The average Bonchev–Trinajstić information content (AvgIpc) is 2.64. The lowest BCUT2D eigenvalue weighted by Gasteiger charge is -2.12. The molecule has 2 aromatic carbocycles. The Balaban J connectivity index is 2.08.